The minimum absolute atomic E-state index is 0.000000000000000444. The second-order valence-corrected chi connectivity index (χ2v) is 3.56. The summed E-state index contributed by atoms with van der Waals surface area (Å²) in [6.07, 6.45) is 1.90. The molecule has 0 aromatic heterocycles. The number of carbonyl (C=O) groups excluding carboxylic acids is 1. The molecule has 0 aliphatic rings. The summed E-state index contributed by atoms with van der Waals surface area (Å²) in [7, 11) is 0. The number of nitrogens with two attached hydrogens (primary N) is 1. The molecule has 3 heteroatoms. The molecule has 0 unspecified atom stereocenters. The molecule has 0 heterocycles. The van der Waals surface area contributed by atoms with Gasteiger partial charge in [-0.15, -0.1) is 6.58 Å². The van der Waals surface area contributed by atoms with Crippen molar-refractivity contribution < 1.29 is 4.79 Å². The summed E-state index contributed by atoms with van der Waals surface area (Å²) in [5.41, 5.74) is 6.73. The van der Waals surface area contributed by atoms with Crippen LogP contribution in [0.15, 0.2) is 35.3 Å². The third-order valence-electron chi connectivity index (χ3n) is 1.64. The van der Waals surface area contributed by atoms with Crippen LogP contribution in [0.3, 0.4) is 0 Å². The predicted octanol–water partition coefficient (Wildman–Crippen LogP) is 2.79. The van der Waals surface area contributed by atoms with Gasteiger partial charge < -0.3 is 5.73 Å². The first kappa shape index (κ1) is 9.99. The number of rotatable bonds is 3. The van der Waals surface area contributed by atoms with Crippen molar-refractivity contribution in [3.05, 3.63) is 40.9 Å². The zero-order chi connectivity index (χ0) is 9.84. The lowest BCUT2D eigenvalue weighted by atomic mass is 10.1. The first-order valence-corrected chi connectivity index (χ1v) is 4.63. The summed E-state index contributed by atoms with van der Waals surface area (Å²) < 4.78 is 0.875. The molecular weight excluding hydrogens is 230 g/mol. The number of hydrogen-bond acceptors (Lipinski definition) is 2. The summed E-state index contributed by atoms with van der Waals surface area (Å²) in [5, 5.41) is 0. The van der Waals surface area contributed by atoms with E-state index in [2.05, 4.69) is 22.5 Å². The summed E-state index contributed by atoms with van der Waals surface area (Å²) in [5.74, 6) is 0.000000000000000444. The molecule has 0 saturated carbocycles. The fourth-order valence-electron chi connectivity index (χ4n) is 1.03. The minimum atomic E-state index is 0.000000000000000444. The van der Waals surface area contributed by atoms with Gasteiger partial charge in [-0.3, -0.25) is 4.79 Å². The third-order valence-corrected chi connectivity index (χ3v) is 2.14. The molecule has 0 atom stereocenters. The van der Waals surface area contributed by atoms with E-state index in [4.69, 9.17) is 5.73 Å². The maximum atomic E-state index is 11.4. The average molecular weight is 240 g/mol. The van der Waals surface area contributed by atoms with E-state index in [1.807, 2.05) is 0 Å². The molecule has 1 rings (SSSR count). The highest BCUT2D eigenvalue weighted by Gasteiger charge is 2.07. The lowest BCUT2D eigenvalue weighted by Gasteiger charge is -2.02. The summed E-state index contributed by atoms with van der Waals surface area (Å²) in [6, 6.07) is 5.23. The third kappa shape index (κ3) is 2.42. The van der Waals surface area contributed by atoms with E-state index in [1.54, 1.807) is 24.3 Å². The maximum Gasteiger partial charge on any atom is 0.168 e. The molecule has 2 N–H and O–H groups in total. The van der Waals surface area contributed by atoms with Crippen molar-refractivity contribution in [2.45, 2.75) is 6.42 Å². The molecule has 0 bridgehead atoms. The van der Waals surface area contributed by atoms with Crippen LogP contribution < -0.4 is 5.73 Å². The van der Waals surface area contributed by atoms with Crippen molar-refractivity contribution in [2.24, 2.45) is 0 Å². The van der Waals surface area contributed by atoms with Crippen molar-refractivity contribution in [3.63, 3.8) is 0 Å². The number of anilines is 1. The zero-order valence-electron chi connectivity index (χ0n) is 7.09. The van der Waals surface area contributed by atoms with Crippen LogP contribution in [0, 0.1) is 0 Å². The van der Waals surface area contributed by atoms with E-state index in [0.29, 0.717) is 17.7 Å². The van der Waals surface area contributed by atoms with Crippen LogP contribution in [-0.2, 0) is 0 Å². The van der Waals surface area contributed by atoms with Gasteiger partial charge in [-0.05, 0) is 18.2 Å². The molecule has 1 aromatic rings. The molecule has 0 fully saturated rings. The van der Waals surface area contributed by atoms with Gasteiger partial charge in [0, 0.05) is 22.1 Å². The molecule has 0 aliphatic heterocycles. The van der Waals surface area contributed by atoms with Crippen molar-refractivity contribution >= 4 is 27.4 Å². The van der Waals surface area contributed by atoms with Gasteiger partial charge in [-0.1, -0.05) is 22.0 Å². The van der Waals surface area contributed by atoms with Crippen LogP contribution in [-0.4, -0.2) is 5.78 Å². The number of benzene rings is 1. The normalized spacial score (nSPS) is 9.62. The molecule has 0 saturated heterocycles. The fraction of sp³-hybridized carbons (Fsp3) is 0.100. The molecule has 0 spiro atoms. The number of hydrogen-bond donors (Lipinski definition) is 1. The Labute approximate surface area is 85.6 Å². The average Bonchev–Trinajstić information content (AvgIpc) is 2.04. The number of nitrogen functional groups attached to an aromatic ring is 1. The Morgan fingerprint density at radius 1 is 1.62 bits per heavy atom. The predicted molar refractivity (Wildman–Crippen MR) is 57.7 cm³/mol. The Kier molecular flexibility index (Phi) is 3.25. The molecule has 1 aromatic carbocycles. The van der Waals surface area contributed by atoms with Gasteiger partial charge in [-0.25, -0.2) is 0 Å². The van der Waals surface area contributed by atoms with Gasteiger partial charge in [-0.2, -0.15) is 0 Å². The number of carbonyl (C=O) groups is 1. The van der Waals surface area contributed by atoms with Crippen LogP contribution in [0.5, 0.6) is 0 Å². The molecule has 0 radical (unpaired) electrons. The summed E-state index contributed by atoms with van der Waals surface area (Å²) >= 11 is 3.27. The highest BCUT2D eigenvalue weighted by atomic mass is 79.9. The number of ketones is 1. The van der Waals surface area contributed by atoms with E-state index in [-0.39, 0.29) is 5.78 Å². The second-order valence-electron chi connectivity index (χ2n) is 2.65. The van der Waals surface area contributed by atoms with Crippen LogP contribution in [0.2, 0.25) is 0 Å². The van der Waals surface area contributed by atoms with Gasteiger partial charge >= 0.3 is 0 Å². The largest absolute Gasteiger partial charge is 0.398 e. The summed E-state index contributed by atoms with van der Waals surface area (Å²) in [4.78, 5) is 11.4. The number of allylic oxidation sites excluding steroid dienone is 1. The van der Waals surface area contributed by atoms with Crippen LogP contribution in [0.25, 0.3) is 0 Å². The first-order chi connectivity index (χ1) is 6.15. The highest BCUT2D eigenvalue weighted by molar-refractivity contribution is 9.10. The fourth-order valence-corrected chi connectivity index (χ4v) is 1.41. The minimum Gasteiger partial charge on any atom is -0.398 e. The van der Waals surface area contributed by atoms with Gasteiger partial charge in [0.25, 0.3) is 0 Å². The van der Waals surface area contributed by atoms with Gasteiger partial charge in [0.2, 0.25) is 0 Å². The molecule has 0 aliphatic carbocycles. The molecular formula is C10H10BrNO. The Hall–Kier alpha value is -1.09. The standard InChI is InChI=1S/C10H10BrNO/c1-2-3-10(13)8-5-4-7(11)6-9(8)12/h2,4-6H,1,3,12H2. The van der Waals surface area contributed by atoms with Crippen LogP contribution in [0.4, 0.5) is 5.69 Å². The zero-order valence-corrected chi connectivity index (χ0v) is 8.67. The van der Waals surface area contributed by atoms with Gasteiger partial charge in [0.1, 0.15) is 0 Å². The molecule has 2 nitrogen and oxygen atoms in total. The van der Waals surface area contributed by atoms with Gasteiger partial charge in [0.15, 0.2) is 5.78 Å². The molecule has 0 amide bonds. The smallest absolute Gasteiger partial charge is 0.168 e. The van der Waals surface area contributed by atoms with Gasteiger partial charge in [0.05, 0.1) is 0 Å². The van der Waals surface area contributed by atoms with Crippen LogP contribution >= 0.6 is 15.9 Å². The number of halogens is 1. The van der Waals surface area contributed by atoms with E-state index in [9.17, 15) is 4.79 Å². The highest BCUT2D eigenvalue weighted by Crippen LogP contribution is 2.19. The quantitative estimate of drug-likeness (QED) is 0.501. The Morgan fingerprint density at radius 2 is 2.31 bits per heavy atom. The first-order valence-electron chi connectivity index (χ1n) is 3.84. The maximum absolute atomic E-state index is 11.4. The van der Waals surface area contributed by atoms with E-state index in [1.165, 1.54) is 0 Å². The monoisotopic (exact) mass is 239 g/mol. The Balaban J connectivity index is 3.01. The van der Waals surface area contributed by atoms with Crippen molar-refractivity contribution in [3.8, 4) is 0 Å². The van der Waals surface area contributed by atoms with Crippen molar-refractivity contribution in [1.82, 2.24) is 0 Å². The van der Waals surface area contributed by atoms with Crippen molar-refractivity contribution in [2.75, 3.05) is 5.73 Å². The van der Waals surface area contributed by atoms with E-state index in [0.717, 1.165) is 4.47 Å². The molecule has 68 valence electrons. The van der Waals surface area contributed by atoms with Crippen LogP contribution in [0.1, 0.15) is 16.8 Å². The topological polar surface area (TPSA) is 43.1 Å². The van der Waals surface area contributed by atoms with E-state index >= 15 is 0 Å². The Morgan fingerprint density at radius 3 is 2.85 bits per heavy atom. The number of Topliss-reactive ketones (excluding diaryl/α,β-unsaturated/α-hetero) is 1. The van der Waals surface area contributed by atoms with E-state index < -0.39 is 0 Å². The lowest BCUT2D eigenvalue weighted by molar-refractivity contribution is 0.0997. The lowest BCUT2D eigenvalue weighted by Crippen LogP contribution is -2.02. The SMILES string of the molecule is C=CCC(=O)c1ccc(Br)cc1N. The summed E-state index contributed by atoms with van der Waals surface area (Å²) in [6.45, 7) is 3.50. The molecule has 13 heavy (non-hydrogen) atoms. The Bertz CT molecular complexity index is 347. The second kappa shape index (κ2) is 4.23. The van der Waals surface area contributed by atoms with Crippen molar-refractivity contribution in [1.29, 1.82) is 0 Å².